The Balaban J connectivity index is 1.56. The van der Waals surface area contributed by atoms with Crippen molar-refractivity contribution >= 4 is 43.4 Å². The van der Waals surface area contributed by atoms with E-state index in [2.05, 4.69) is 134 Å². The molecular weight excluding hydrogens is 434 g/mol. The van der Waals surface area contributed by atoms with E-state index in [1.54, 1.807) is 0 Å². The molecule has 0 spiro atoms. The summed E-state index contributed by atoms with van der Waals surface area (Å²) < 4.78 is 2.51. The van der Waals surface area contributed by atoms with Crippen LogP contribution in [0.1, 0.15) is 25.0 Å². The summed E-state index contributed by atoms with van der Waals surface area (Å²) in [6.07, 6.45) is 0. The molecule has 170 valence electrons. The fourth-order valence-electron chi connectivity index (χ4n) is 6.70. The van der Waals surface area contributed by atoms with E-state index in [-0.39, 0.29) is 5.41 Å². The van der Waals surface area contributed by atoms with Gasteiger partial charge in [-0.15, -0.1) is 0 Å². The number of aromatic nitrogens is 1. The van der Waals surface area contributed by atoms with Gasteiger partial charge in [-0.2, -0.15) is 0 Å². The first-order valence-electron chi connectivity index (χ1n) is 12.7. The average Bonchev–Trinajstić information content (AvgIpc) is 3.37. The Labute approximate surface area is 210 Å². The molecule has 1 nitrogen and oxygen atoms in total. The van der Waals surface area contributed by atoms with Crippen molar-refractivity contribution in [1.29, 1.82) is 0 Å². The molecule has 1 aromatic heterocycles. The van der Waals surface area contributed by atoms with E-state index in [0.29, 0.717) is 0 Å². The first kappa shape index (κ1) is 19.9. The summed E-state index contributed by atoms with van der Waals surface area (Å²) in [7, 11) is 0. The Kier molecular flexibility index (Phi) is 3.79. The van der Waals surface area contributed by atoms with Gasteiger partial charge < -0.3 is 4.57 Å². The molecule has 0 atom stereocenters. The summed E-state index contributed by atoms with van der Waals surface area (Å²) in [6, 6.07) is 42.5. The van der Waals surface area contributed by atoms with Crippen LogP contribution in [-0.4, -0.2) is 4.57 Å². The molecule has 6 aromatic carbocycles. The Hall–Kier alpha value is -4.36. The molecule has 0 saturated carbocycles. The molecule has 0 unspecified atom stereocenters. The summed E-state index contributed by atoms with van der Waals surface area (Å²) in [4.78, 5) is 0. The van der Waals surface area contributed by atoms with Crippen LogP contribution in [0.25, 0.3) is 60.2 Å². The Morgan fingerprint density at radius 2 is 1.25 bits per heavy atom. The van der Waals surface area contributed by atoms with Crippen molar-refractivity contribution < 1.29 is 0 Å². The molecule has 0 N–H and O–H groups in total. The molecule has 0 aliphatic heterocycles. The fourth-order valence-corrected chi connectivity index (χ4v) is 6.70. The van der Waals surface area contributed by atoms with Crippen LogP contribution in [0.2, 0.25) is 0 Å². The van der Waals surface area contributed by atoms with Crippen LogP contribution in [-0.2, 0) is 5.41 Å². The third kappa shape index (κ3) is 2.45. The zero-order valence-electron chi connectivity index (χ0n) is 20.4. The summed E-state index contributed by atoms with van der Waals surface area (Å²) in [5, 5.41) is 7.81. The second kappa shape index (κ2) is 6.86. The minimum Gasteiger partial charge on any atom is -0.309 e. The van der Waals surface area contributed by atoms with Gasteiger partial charge in [0.05, 0.1) is 11.0 Å². The maximum atomic E-state index is 2.51. The molecular formula is C35H25N. The predicted octanol–water partition coefficient (Wildman–Crippen LogP) is 9.40. The normalized spacial score (nSPS) is 14.1. The lowest BCUT2D eigenvalue weighted by atomic mass is 9.81. The molecule has 0 bridgehead atoms. The first-order valence-corrected chi connectivity index (χ1v) is 12.7. The van der Waals surface area contributed by atoms with Crippen LogP contribution in [0.4, 0.5) is 0 Å². The van der Waals surface area contributed by atoms with E-state index in [1.807, 2.05) is 0 Å². The minimum atomic E-state index is -0.114. The van der Waals surface area contributed by atoms with Crippen molar-refractivity contribution in [1.82, 2.24) is 4.57 Å². The summed E-state index contributed by atoms with van der Waals surface area (Å²) in [5.41, 5.74) is 9.29. The van der Waals surface area contributed by atoms with E-state index >= 15 is 0 Å². The van der Waals surface area contributed by atoms with Crippen LogP contribution in [0.15, 0.2) is 115 Å². The maximum Gasteiger partial charge on any atom is 0.0588 e. The molecule has 1 aliphatic rings. The van der Waals surface area contributed by atoms with E-state index in [0.717, 1.165) is 0 Å². The van der Waals surface area contributed by atoms with E-state index < -0.39 is 0 Å². The number of hydrogen-bond acceptors (Lipinski definition) is 0. The van der Waals surface area contributed by atoms with Crippen molar-refractivity contribution in [3.05, 3.63) is 126 Å². The van der Waals surface area contributed by atoms with Crippen LogP contribution in [0.3, 0.4) is 0 Å². The van der Waals surface area contributed by atoms with Gasteiger partial charge >= 0.3 is 0 Å². The average molecular weight is 460 g/mol. The first-order chi connectivity index (χ1) is 17.6. The smallest absolute Gasteiger partial charge is 0.0588 e. The summed E-state index contributed by atoms with van der Waals surface area (Å²) >= 11 is 0. The quantitative estimate of drug-likeness (QED) is 0.230. The highest BCUT2D eigenvalue weighted by Crippen LogP contribution is 2.54. The van der Waals surface area contributed by atoms with Crippen molar-refractivity contribution in [2.24, 2.45) is 0 Å². The number of rotatable bonds is 1. The standard InChI is InChI=1S/C35H25N/c1-35(2)30-20-16-23-10-5-6-12-26(23)32(30)29-19-18-28-27-13-7-8-14-31(27)36(34(28)33(29)35)25-17-15-22-9-3-4-11-24(22)21-25/h3-21H,1-2H3. The molecule has 8 rings (SSSR count). The van der Waals surface area contributed by atoms with Gasteiger partial charge in [0.15, 0.2) is 0 Å². The molecule has 1 heteroatoms. The van der Waals surface area contributed by atoms with E-state index in [4.69, 9.17) is 0 Å². The van der Waals surface area contributed by atoms with Gasteiger partial charge in [0, 0.05) is 21.9 Å². The van der Waals surface area contributed by atoms with Crippen LogP contribution >= 0.6 is 0 Å². The highest BCUT2D eigenvalue weighted by molar-refractivity contribution is 6.15. The van der Waals surface area contributed by atoms with Gasteiger partial charge in [-0.25, -0.2) is 0 Å². The highest BCUT2D eigenvalue weighted by Gasteiger charge is 2.39. The number of hydrogen-bond donors (Lipinski definition) is 0. The topological polar surface area (TPSA) is 4.93 Å². The van der Waals surface area contributed by atoms with Gasteiger partial charge in [0.1, 0.15) is 0 Å². The Morgan fingerprint density at radius 3 is 2.11 bits per heavy atom. The van der Waals surface area contributed by atoms with Gasteiger partial charge in [0.2, 0.25) is 0 Å². The molecule has 1 heterocycles. The van der Waals surface area contributed by atoms with Gasteiger partial charge in [0.25, 0.3) is 0 Å². The monoisotopic (exact) mass is 459 g/mol. The lowest BCUT2D eigenvalue weighted by Crippen LogP contribution is -2.16. The van der Waals surface area contributed by atoms with Crippen molar-refractivity contribution in [3.8, 4) is 16.8 Å². The van der Waals surface area contributed by atoms with E-state index in [9.17, 15) is 0 Å². The van der Waals surface area contributed by atoms with Gasteiger partial charge in [-0.05, 0) is 62.0 Å². The zero-order chi connectivity index (χ0) is 24.0. The second-order valence-corrected chi connectivity index (χ2v) is 10.6. The van der Waals surface area contributed by atoms with E-state index in [1.165, 1.54) is 71.3 Å². The maximum absolute atomic E-state index is 2.51. The number of para-hydroxylation sites is 1. The zero-order valence-corrected chi connectivity index (χ0v) is 20.4. The van der Waals surface area contributed by atoms with Crippen molar-refractivity contribution in [2.75, 3.05) is 0 Å². The summed E-state index contributed by atoms with van der Waals surface area (Å²) in [5.74, 6) is 0. The highest BCUT2D eigenvalue weighted by atomic mass is 15.0. The number of benzene rings is 6. The fraction of sp³-hybridized carbons (Fsp3) is 0.0857. The minimum absolute atomic E-state index is 0.114. The van der Waals surface area contributed by atoms with Gasteiger partial charge in [-0.1, -0.05) is 111 Å². The largest absolute Gasteiger partial charge is 0.309 e. The Bertz CT molecular complexity index is 2020. The van der Waals surface area contributed by atoms with Gasteiger partial charge in [-0.3, -0.25) is 0 Å². The number of nitrogens with zero attached hydrogens (tertiary/aromatic N) is 1. The van der Waals surface area contributed by atoms with Crippen LogP contribution in [0, 0.1) is 0 Å². The van der Waals surface area contributed by atoms with Crippen molar-refractivity contribution in [2.45, 2.75) is 19.3 Å². The molecule has 0 radical (unpaired) electrons. The molecule has 0 saturated heterocycles. The van der Waals surface area contributed by atoms with Crippen LogP contribution in [0.5, 0.6) is 0 Å². The molecule has 1 aliphatic carbocycles. The Morgan fingerprint density at radius 1 is 0.556 bits per heavy atom. The molecule has 0 fully saturated rings. The SMILES string of the molecule is CC1(C)c2ccc3ccccc3c2-c2ccc3c4ccccc4n(-c4ccc5ccccc5c4)c3c21. The predicted molar refractivity (Wildman–Crippen MR) is 153 cm³/mol. The third-order valence-corrected chi connectivity index (χ3v) is 8.32. The molecule has 36 heavy (non-hydrogen) atoms. The molecule has 0 amide bonds. The van der Waals surface area contributed by atoms with Crippen molar-refractivity contribution in [3.63, 3.8) is 0 Å². The number of fused-ring (bicyclic) bond motifs is 10. The van der Waals surface area contributed by atoms with Crippen LogP contribution < -0.4 is 0 Å². The molecule has 7 aromatic rings. The second-order valence-electron chi connectivity index (χ2n) is 10.6. The lowest BCUT2D eigenvalue weighted by Gasteiger charge is -2.24. The summed E-state index contributed by atoms with van der Waals surface area (Å²) in [6.45, 7) is 4.79. The lowest BCUT2D eigenvalue weighted by molar-refractivity contribution is 0.664. The third-order valence-electron chi connectivity index (χ3n) is 8.32.